The monoisotopic (exact) mass is 216 g/mol. The van der Waals surface area contributed by atoms with E-state index in [1.807, 2.05) is 6.07 Å². The molecule has 0 saturated carbocycles. The summed E-state index contributed by atoms with van der Waals surface area (Å²) < 4.78 is 4.72. The summed E-state index contributed by atoms with van der Waals surface area (Å²) in [5.74, 6) is -0.340. The molecule has 0 aliphatic carbocycles. The topological polar surface area (TPSA) is 62.4 Å². The Morgan fingerprint density at radius 3 is 2.75 bits per heavy atom. The van der Waals surface area contributed by atoms with Crippen molar-refractivity contribution in [3.05, 3.63) is 35.4 Å². The van der Waals surface area contributed by atoms with Crippen LogP contribution < -0.4 is 0 Å². The van der Waals surface area contributed by atoms with Gasteiger partial charge in [0.1, 0.15) is 6.54 Å². The van der Waals surface area contributed by atoms with Crippen LogP contribution >= 0.6 is 0 Å². The van der Waals surface area contributed by atoms with Crippen molar-refractivity contribution in [3.8, 4) is 6.07 Å². The molecule has 0 radical (unpaired) electrons. The predicted molar refractivity (Wildman–Crippen MR) is 60.3 cm³/mol. The minimum atomic E-state index is -0.340. The molecule has 0 aromatic heterocycles. The minimum absolute atomic E-state index is 0.0217. The molecular weight excluding hydrogens is 204 g/mol. The number of carbonyl (C=O) groups is 1. The van der Waals surface area contributed by atoms with Gasteiger partial charge in [0.15, 0.2) is 0 Å². The second-order valence-electron chi connectivity index (χ2n) is 3.01. The fourth-order valence-corrected chi connectivity index (χ4v) is 1.08. The quantitative estimate of drug-likeness (QED) is 0.566. The van der Waals surface area contributed by atoms with Crippen LogP contribution in [0.1, 0.15) is 18.1 Å². The van der Waals surface area contributed by atoms with Gasteiger partial charge in [-0.1, -0.05) is 12.1 Å². The van der Waals surface area contributed by atoms with Gasteiger partial charge in [0, 0.05) is 6.21 Å². The lowest BCUT2D eigenvalue weighted by atomic mass is 10.2. The number of hydrogen-bond acceptors (Lipinski definition) is 4. The highest BCUT2D eigenvalue weighted by atomic mass is 16.5. The molecule has 4 heteroatoms. The Morgan fingerprint density at radius 1 is 1.50 bits per heavy atom. The van der Waals surface area contributed by atoms with Gasteiger partial charge < -0.3 is 4.74 Å². The summed E-state index contributed by atoms with van der Waals surface area (Å²) in [4.78, 5) is 14.9. The second kappa shape index (κ2) is 6.36. The van der Waals surface area contributed by atoms with E-state index in [2.05, 4.69) is 4.99 Å². The van der Waals surface area contributed by atoms with Crippen LogP contribution in [0, 0.1) is 11.3 Å². The van der Waals surface area contributed by atoms with Crippen LogP contribution in [0.2, 0.25) is 0 Å². The van der Waals surface area contributed by atoms with Gasteiger partial charge in [-0.05, 0) is 24.6 Å². The van der Waals surface area contributed by atoms with Crippen molar-refractivity contribution in [3.63, 3.8) is 0 Å². The Hall–Kier alpha value is -2.15. The molecule has 1 rings (SSSR count). The van der Waals surface area contributed by atoms with E-state index in [1.165, 1.54) is 0 Å². The van der Waals surface area contributed by atoms with Crippen molar-refractivity contribution in [2.45, 2.75) is 6.92 Å². The number of benzene rings is 1. The van der Waals surface area contributed by atoms with Gasteiger partial charge in [-0.15, -0.1) is 0 Å². The highest BCUT2D eigenvalue weighted by Crippen LogP contribution is 2.00. The standard InChI is InChI=1S/C12H12N2O2/c1-2-16-12(15)9-14-8-11-5-3-10(7-13)4-6-11/h3-6,8H,2,9H2,1H3. The van der Waals surface area contributed by atoms with Crippen LogP contribution in [-0.2, 0) is 9.53 Å². The van der Waals surface area contributed by atoms with Crippen molar-refractivity contribution >= 4 is 12.2 Å². The Morgan fingerprint density at radius 2 is 2.19 bits per heavy atom. The van der Waals surface area contributed by atoms with E-state index in [-0.39, 0.29) is 12.5 Å². The summed E-state index contributed by atoms with van der Waals surface area (Å²) in [7, 11) is 0. The maximum Gasteiger partial charge on any atom is 0.327 e. The number of hydrogen-bond donors (Lipinski definition) is 0. The largest absolute Gasteiger partial charge is 0.465 e. The van der Waals surface area contributed by atoms with E-state index in [1.54, 1.807) is 37.4 Å². The first-order valence-electron chi connectivity index (χ1n) is 4.92. The zero-order chi connectivity index (χ0) is 11.8. The van der Waals surface area contributed by atoms with Gasteiger partial charge in [-0.25, -0.2) is 0 Å². The lowest BCUT2D eigenvalue weighted by Crippen LogP contribution is -2.07. The number of carbonyl (C=O) groups excluding carboxylic acids is 1. The maximum atomic E-state index is 11.0. The summed E-state index contributed by atoms with van der Waals surface area (Å²) in [6.45, 7) is 2.14. The predicted octanol–water partition coefficient (Wildman–Crippen LogP) is 1.54. The Balaban J connectivity index is 2.50. The molecule has 0 heterocycles. The molecule has 4 nitrogen and oxygen atoms in total. The summed E-state index contributed by atoms with van der Waals surface area (Å²) in [5, 5.41) is 8.59. The Bertz CT molecular complexity index is 416. The van der Waals surface area contributed by atoms with E-state index < -0.39 is 0 Å². The Labute approximate surface area is 94.2 Å². The van der Waals surface area contributed by atoms with Crippen molar-refractivity contribution in [2.24, 2.45) is 4.99 Å². The zero-order valence-electron chi connectivity index (χ0n) is 9.01. The number of esters is 1. The molecular formula is C12H12N2O2. The molecule has 0 spiro atoms. The molecule has 0 N–H and O–H groups in total. The van der Waals surface area contributed by atoms with E-state index in [4.69, 9.17) is 10.00 Å². The maximum absolute atomic E-state index is 11.0. The van der Waals surface area contributed by atoms with Crippen LogP contribution in [0.5, 0.6) is 0 Å². The molecule has 0 bridgehead atoms. The number of nitriles is 1. The highest BCUT2D eigenvalue weighted by molar-refractivity contribution is 5.82. The molecule has 82 valence electrons. The Kier molecular flexibility index (Phi) is 4.74. The average Bonchev–Trinajstić information content (AvgIpc) is 2.30. The van der Waals surface area contributed by atoms with Crippen molar-refractivity contribution in [2.75, 3.05) is 13.2 Å². The van der Waals surface area contributed by atoms with Crippen molar-refractivity contribution in [1.29, 1.82) is 5.26 Å². The minimum Gasteiger partial charge on any atom is -0.465 e. The second-order valence-corrected chi connectivity index (χ2v) is 3.01. The molecule has 0 aliphatic rings. The molecule has 0 amide bonds. The normalized spacial score (nSPS) is 10.0. The SMILES string of the molecule is CCOC(=O)CN=Cc1ccc(C#N)cc1. The third-order valence-corrected chi connectivity index (χ3v) is 1.81. The number of ether oxygens (including phenoxy) is 1. The van der Waals surface area contributed by atoms with Gasteiger partial charge >= 0.3 is 5.97 Å². The first-order valence-corrected chi connectivity index (χ1v) is 4.92. The van der Waals surface area contributed by atoms with E-state index in [9.17, 15) is 4.79 Å². The van der Waals surface area contributed by atoms with Crippen LogP contribution in [0.15, 0.2) is 29.3 Å². The van der Waals surface area contributed by atoms with E-state index in [0.29, 0.717) is 12.2 Å². The van der Waals surface area contributed by atoms with Gasteiger partial charge in [0.25, 0.3) is 0 Å². The third kappa shape index (κ3) is 3.93. The van der Waals surface area contributed by atoms with Crippen molar-refractivity contribution < 1.29 is 9.53 Å². The molecule has 0 atom stereocenters. The lowest BCUT2D eigenvalue weighted by Gasteiger charge is -1.96. The summed E-state index contributed by atoms with van der Waals surface area (Å²) >= 11 is 0. The fraction of sp³-hybridized carbons (Fsp3) is 0.250. The number of rotatable bonds is 4. The molecule has 16 heavy (non-hydrogen) atoms. The van der Waals surface area contributed by atoms with Gasteiger partial charge in [0.2, 0.25) is 0 Å². The van der Waals surface area contributed by atoms with Crippen LogP contribution in [0.25, 0.3) is 0 Å². The smallest absolute Gasteiger partial charge is 0.327 e. The van der Waals surface area contributed by atoms with Gasteiger partial charge in [0.05, 0.1) is 18.2 Å². The first-order chi connectivity index (χ1) is 7.76. The van der Waals surface area contributed by atoms with Gasteiger partial charge in [-0.2, -0.15) is 5.26 Å². The first kappa shape index (κ1) is 11.9. The molecule has 0 fully saturated rings. The van der Waals surface area contributed by atoms with Crippen molar-refractivity contribution in [1.82, 2.24) is 0 Å². The molecule has 0 unspecified atom stereocenters. The van der Waals surface area contributed by atoms with Crippen LogP contribution in [0.4, 0.5) is 0 Å². The molecule has 1 aromatic rings. The average molecular weight is 216 g/mol. The molecule has 0 saturated heterocycles. The summed E-state index contributed by atoms with van der Waals surface area (Å²) in [6, 6.07) is 8.97. The fourth-order valence-electron chi connectivity index (χ4n) is 1.08. The highest BCUT2D eigenvalue weighted by Gasteiger charge is 1.97. The zero-order valence-corrected chi connectivity index (χ0v) is 9.01. The number of aliphatic imine (C=N–C) groups is 1. The van der Waals surface area contributed by atoms with Crippen LogP contribution in [-0.4, -0.2) is 25.3 Å². The molecule has 0 aliphatic heterocycles. The summed E-state index contributed by atoms with van der Waals surface area (Å²) in [5.41, 5.74) is 1.45. The summed E-state index contributed by atoms with van der Waals surface area (Å²) in [6.07, 6.45) is 1.58. The molecule has 1 aromatic carbocycles. The lowest BCUT2D eigenvalue weighted by molar-refractivity contribution is -0.141. The number of nitrogens with zero attached hydrogens (tertiary/aromatic N) is 2. The van der Waals surface area contributed by atoms with E-state index >= 15 is 0 Å². The van der Waals surface area contributed by atoms with Gasteiger partial charge in [-0.3, -0.25) is 9.79 Å². The van der Waals surface area contributed by atoms with Crippen LogP contribution in [0.3, 0.4) is 0 Å². The third-order valence-electron chi connectivity index (χ3n) is 1.81. The van der Waals surface area contributed by atoms with E-state index in [0.717, 1.165) is 5.56 Å².